The molecule has 3 atom stereocenters. The van der Waals surface area contributed by atoms with Gasteiger partial charge in [-0.2, -0.15) is 0 Å². The largest absolute Gasteiger partial charge is 0.382 e. The summed E-state index contributed by atoms with van der Waals surface area (Å²) in [4.78, 5) is 2.94. The number of aryl methyl sites for hydroxylation is 1. The van der Waals surface area contributed by atoms with Crippen molar-refractivity contribution in [1.82, 2.24) is 4.90 Å². The first kappa shape index (κ1) is 30.2. The summed E-state index contributed by atoms with van der Waals surface area (Å²) in [6, 6.07) is 29.6. The molecule has 0 bridgehead atoms. The van der Waals surface area contributed by atoms with Crippen LogP contribution in [-0.2, 0) is 34.2 Å². The van der Waals surface area contributed by atoms with E-state index in [0.717, 1.165) is 51.8 Å². The zero-order chi connectivity index (χ0) is 38.7. The molecular weight excluding hydrogens is 743 g/mol. The second-order valence-electron chi connectivity index (χ2n) is 20.5. The third-order valence-electron chi connectivity index (χ3n) is 18.6. The number of nitrogens with zero attached hydrogens (tertiary/aromatic N) is 1. The highest BCUT2D eigenvalue weighted by atomic mass is 16.5. The van der Waals surface area contributed by atoms with Gasteiger partial charge in [-0.05, 0) is 212 Å². The zero-order valence-electron chi connectivity index (χ0n) is 33.9. The van der Waals surface area contributed by atoms with Crippen LogP contribution in [0.25, 0.3) is 140 Å². The standard InChI is InChI=1S/C58H37NO2/c1-60-13-14-61-12-11-59-23-35-34-21-31-19-28-17-29-16-26-15-27-18-30-20-32-22-58(35,36(59)10-9-25-7-4-6-24-5-2-3-8-33(24)25)57-43(32)48-42(30)47-38(27)37(26)45-41(29)46-39(28)40(31)49-44(34)56(57)55-53(48)51(47)50(45)52(46)54(49)55/h2-8,15-18,20,35-36H,9-14,19,21-23H2,1H3. The maximum Gasteiger partial charge on any atom is 0.0700 e. The molecule has 4 aliphatic carbocycles. The van der Waals surface area contributed by atoms with Crippen molar-refractivity contribution in [2.45, 2.75) is 43.6 Å². The molecule has 19 rings (SSSR count). The molecule has 14 aromatic carbocycles. The Bertz CT molecular complexity index is 4440. The third-order valence-corrected chi connectivity index (χ3v) is 18.6. The maximum absolute atomic E-state index is 6.35. The molecule has 5 aliphatic rings. The minimum atomic E-state index is 0.0105. The highest BCUT2D eigenvalue weighted by Gasteiger charge is 2.61. The van der Waals surface area contributed by atoms with E-state index in [1.807, 2.05) is 0 Å². The summed E-state index contributed by atoms with van der Waals surface area (Å²) >= 11 is 0. The van der Waals surface area contributed by atoms with Crippen molar-refractivity contribution in [3.05, 3.63) is 105 Å². The summed E-state index contributed by atoms with van der Waals surface area (Å²) in [7, 11) is 1.78. The van der Waals surface area contributed by atoms with Crippen LogP contribution in [-0.4, -0.2) is 51.0 Å². The first-order valence-corrected chi connectivity index (χ1v) is 23.0. The number of likely N-dealkylation sites (tertiary alicyclic amines) is 1. The van der Waals surface area contributed by atoms with Gasteiger partial charge in [0.05, 0.1) is 19.8 Å². The molecule has 1 fully saturated rings. The van der Waals surface area contributed by atoms with Gasteiger partial charge in [-0.25, -0.2) is 0 Å². The van der Waals surface area contributed by atoms with Crippen LogP contribution in [0.3, 0.4) is 0 Å². The van der Waals surface area contributed by atoms with Crippen molar-refractivity contribution in [3.63, 3.8) is 0 Å². The van der Waals surface area contributed by atoms with Crippen LogP contribution in [0, 0.1) is 5.92 Å². The van der Waals surface area contributed by atoms with Crippen molar-refractivity contribution in [2.75, 3.05) is 40.0 Å². The van der Waals surface area contributed by atoms with Crippen LogP contribution >= 0.6 is 0 Å². The maximum atomic E-state index is 6.35. The van der Waals surface area contributed by atoms with Gasteiger partial charge in [0.25, 0.3) is 0 Å². The SMILES string of the molecule is COCCOCCN1CC2C3=c4c5c6c7c(cc8cc9cc%10cc%11cc%12c%13c(c4c4c5c5c7c8c7c9c%10c8c%11c%13c4c8c75)=C(C3)C%12)CC62C1CCc1cccc2ccccc12. The lowest BCUT2D eigenvalue weighted by atomic mass is 9.60. The molecule has 1 spiro atoms. The van der Waals surface area contributed by atoms with E-state index in [1.165, 1.54) is 37.9 Å². The Hall–Kier alpha value is -5.84. The van der Waals surface area contributed by atoms with E-state index in [-0.39, 0.29) is 5.41 Å². The van der Waals surface area contributed by atoms with Crippen LogP contribution in [0.1, 0.15) is 35.1 Å². The summed E-state index contributed by atoms with van der Waals surface area (Å²) in [5.41, 5.74) is 9.98. The first-order valence-electron chi connectivity index (χ1n) is 23.0. The Labute approximate surface area is 348 Å². The molecule has 1 saturated heterocycles. The highest BCUT2D eigenvalue weighted by Crippen LogP contribution is 2.69. The smallest absolute Gasteiger partial charge is 0.0700 e. The molecule has 0 aromatic heterocycles. The van der Waals surface area contributed by atoms with Crippen molar-refractivity contribution < 1.29 is 9.47 Å². The Morgan fingerprint density at radius 1 is 0.574 bits per heavy atom. The van der Waals surface area contributed by atoms with Crippen LogP contribution in [0.5, 0.6) is 0 Å². The highest BCUT2D eigenvalue weighted by molar-refractivity contribution is 6.63. The van der Waals surface area contributed by atoms with Gasteiger partial charge in [0.2, 0.25) is 0 Å². The van der Waals surface area contributed by atoms with Crippen LogP contribution in [0.15, 0.2) is 72.8 Å². The van der Waals surface area contributed by atoms with Crippen LogP contribution < -0.4 is 10.4 Å². The molecule has 0 amide bonds. The lowest BCUT2D eigenvalue weighted by Gasteiger charge is -2.43. The summed E-state index contributed by atoms with van der Waals surface area (Å²) in [5.74, 6) is 0.472. The van der Waals surface area contributed by atoms with Crippen molar-refractivity contribution in [1.29, 1.82) is 0 Å². The average molecular weight is 780 g/mol. The Balaban J connectivity index is 0.998. The van der Waals surface area contributed by atoms with Crippen molar-refractivity contribution in [3.8, 4) is 0 Å². The lowest BCUT2D eigenvalue weighted by molar-refractivity contribution is 0.0518. The second kappa shape index (κ2) is 9.17. The van der Waals surface area contributed by atoms with E-state index in [9.17, 15) is 0 Å². The Morgan fingerprint density at radius 3 is 2.03 bits per heavy atom. The van der Waals surface area contributed by atoms with Gasteiger partial charge >= 0.3 is 0 Å². The molecule has 61 heavy (non-hydrogen) atoms. The van der Waals surface area contributed by atoms with Crippen molar-refractivity contribution >= 4 is 140 Å². The molecule has 0 radical (unpaired) electrons. The minimum Gasteiger partial charge on any atom is -0.382 e. The molecule has 3 unspecified atom stereocenters. The lowest BCUT2D eigenvalue weighted by Crippen LogP contribution is -2.48. The summed E-state index contributed by atoms with van der Waals surface area (Å²) in [6.07, 6.45) is 5.59. The number of ether oxygens (including phenoxy) is 2. The Kier molecular flexibility index (Phi) is 4.55. The Morgan fingerprint density at radius 2 is 1.23 bits per heavy atom. The monoisotopic (exact) mass is 779 g/mol. The predicted molar refractivity (Wildman–Crippen MR) is 253 cm³/mol. The fourth-order valence-corrected chi connectivity index (χ4v) is 17.1. The number of benzene rings is 10. The molecule has 14 aromatic rings. The van der Waals surface area contributed by atoms with Gasteiger partial charge in [-0.3, -0.25) is 4.90 Å². The number of hydrogen-bond acceptors (Lipinski definition) is 3. The van der Waals surface area contributed by atoms with Gasteiger partial charge in [-0.15, -0.1) is 0 Å². The molecule has 0 saturated carbocycles. The van der Waals surface area contributed by atoms with Gasteiger partial charge in [-0.1, -0.05) is 65.7 Å². The number of methoxy groups -OCH3 is 1. The van der Waals surface area contributed by atoms with Crippen LogP contribution in [0.2, 0.25) is 0 Å². The summed E-state index contributed by atoms with van der Waals surface area (Å²) in [5, 5.41) is 41.0. The van der Waals surface area contributed by atoms with E-state index in [4.69, 9.17) is 9.47 Å². The minimum absolute atomic E-state index is 0.0105. The fourth-order valence-electron chi connectivity index (χ4n) is 17.1. The molecular formula is C58H37NO2. The normalized spacial score (nSPS) is 22.4. The molecule has 1 aliphatic heterocycles. The average Bonchev–Trinajstić information content (AvgIpc) is 4.14. The number of hydrogen-bond donors (Lipinski definition) is 0. The van der Waals surface area contributed by atoms with Crippen molar-refractivity contribution in [2.24, 2.45) is 5.92 Å². The molecule has 3 nitrogen and oxygen atoms in total. The van der Waals surface area contributed by atoms with Crippen LogP contribution in [0.4, 0.5) is 0 Å². The quantitative estimate of drug-likeness (QED) is 0.108. The van der Waals surface area contributed by atoms with Gasteiger partial charge in [0.15, 0.2) is 0 Å². The number of rotatable bonds is 9. The molecule has 0 N–H and O–H groups in total. The van der Waals surface area contributed by atoms with Gasteiger partial charge in [0, 0.05) is 37.6 Å². The topological polar surface area (TPSA) is 21.7 Å². The molecule has 286 valence electrons. The zero-order valence-corrected chi connectivity index (χ0v) is 33.9. The number of fused-ring (bicyclic) bond motifs is 2. The molecule has 1 heterocycles. The van der Waals surface area contributed by atoms with E-state index in [0.29, 0.717) is 25.2 Å². The first-order chi connectivity index (χ1) is 30.2. The van der Waals surface area contributed by atoms with Gasteiger partial charge in [0.1, 0.15) is 0 Å². The molecule has 3 heteroatoms. The van der Waals surface area contributed by atoms with E-state index >= 15 is 0 Å². The summed E-state index contributed by atoms with van der Waals surface area (Å²) < 4.78 is 11.8. The third kappa shape index (κ3) is 2.78. The second-order valence-corrected chi connectivity index (χ2v) is 20.5. The van der Waals surface area contributed by atoms with Gasteiger partial charge < -0.3 is 9.47 Å². The van der Waals surface area contributed by atoms with E-state index in [1.54, 1.807) is 142 Å². The summed E-state index contributed by atoms with van der Waals surface area (Å²) in [6.45, 7) is 4.11. The fraction of sp³-hybridized carbons (Fsp3) is 0.241. The predicted octanol–water partition coefficient (Wildman–Crippen LogP) is 11.1. The van der Waals surface area contributed by atoms with E-state index < -0.39 is 0 Å². The van der Waals surface area contributed by atoms with E-state index in [2.05, 4.69) is 77.7 Å².